The number of nitrogens with one attached hydrogen (secondary N) is 1. The number of hydrogen-bond acceptors (Lipinski definition) is 4. The van der Waals surface area contributed by atoms with Crippen LogP contribution in [-0.2, 0) is 9.05 Å². The molecule has 1 aliphatic rings. The van der Waals surface area contributed by atoms with E-state index in [2.05, 4.69) is 10.4 Å². The van der Waals surface area contributed by atoms with Crippen LogP contribution in [0.1, 0.15) is 18.9 Å². The van der Waals surface area contributed by atoms with E-state index in [0.29, 0.717) is 0 Å². The Morgan fingerprint density at radius 3 is 2.62 bits per heavy atom. The number of nitrogens with zero attached hydrogens (tertiary/aromatic N) is 2. The summed E-state index contributed by atoms with van der Waals surface area (Å²) in [5.74, 6) is -0.873. The van der Waals surface area contributed by atoms with Gasteiger partial charge in [-0.2, -0.15) is 9.49 Å². The number of rotatable bonds is 2. The molecule has 0 unspecified atom stereocenters. The van der Waals surface area contributed by atoms with Crippen LogP contribution in [0.25, 0.3) is 0 Å². The molecule has 1 aliphatic heterocycles. The van der Waals surface area contributed by atoms with Crippen molar-refractivity contribution in [3.05, 3.63) is 12.1 Å². The lowest BCUT2D eigenvalue weighted by Crippen LogP contribution is -2.30. The third-order valence-corrected chi connectivity index (χ3v) is 3.92. The lowest BCUT2D eigenvalue weighted by molar-refractivity contribution is 0.300. The molecule has 0 bridgehead atoms. The first-order valence-electron chi connectivity index (χ1n) is 4.88. The first kappa shape index (κ1) is 11.8. The fraction of sp³-hybridized carbons (Fsp3) is 0.625. The molecule has 1 aromatic rings. The minimum Gasteiger partial charge on any atom is -0.317 e. The molecule has 2 heterocycles. The van der Waals surface area contributed by atoms with Gasteiger partial charge in [0.05, 0.1) is 12.2 Å². The normalized spacial score (nSPS) is 18.9. The SMILES string of the molecule is O=S(=O)(Cl)c1cnn(C2CCNCC2)c1F. The molecule has 0 aromatic carbocycles. The van der Waals surface area contributed by atoms with Gasteiger partial charge in [-0.15, -0.1) is 0 Å². The molecule has 0 amide bonds. The third kappa shape index (κ3) is 2.21. The summed E-state index contributed by atoms with van der Waals surface area (Å²) in [7, 11) is 1.03. The molecule has 0 spiro atoms. The predicted octanol–water partition coefficient (Wildman–Crippen LogP) is 0.874. The average molecular weight is 268 g/mol. The van der Waals surface area contributed by atoms with E-state index < -0.39 is 19.9 Å². The van der Waals surface area contributed by atoms with E-state index in [1.54, 1.807) is 0 Å². The summed E-state index contributed by atoms with van der Waals surface area (Å²) >= 11 is 0. The number of hydrogen-bond donors (Lipinski definition) is 1. The van der Waals surface area contributed by atoms with Gasteiger partial charge in [-0.05, 0) is 25.9 Å². The van der Waals surface area contributed by atoms with Gasteiger partial charge < -0.3 is 5.32 Å². The highest BCUT2D eigenvalue weighted by Crippen LogP contribution is 2.24. The predicted molar refractivity (Wildman–Crippen MR) is 56.4 cm³/mol. The first-order valence-corrected chi connectivity index (χ1v) is 7.19. The Bertz CT molecular complexity index is 481. The summed E-state index contributed by atoms with van der Waals surface area (Å²) in [5.41, 5.74) is 0. The molecule has 0 saturated carbocycles. The maximum absolute atomic E-state index is 13.7. The molecule has 0 atom stereocenters. The summed E-state index contributed by atoms with van der Waals surface area (Å²) in [5, 5.41) is 6.89. The van der Waals surface area contributed by atoms with Crippen molar-refractivity contribution in [3.8, 4) is 0 Å². The van der Waals surface area contributed by atoms with Crippen molar-refractivity contribution in [2.75, 3.05) is 13.1 Å². The highest BCUT2D eigenvalue weighted by molar-refractivity contribution is 8.13. The van der Waals surface area contributed by atoms with Crippen LogP contribution in [-0.4, -0.2) is 31.3 Å². The van der Waals surface area contributed by atoms with Gasteiger partial charge in [0.15, 0.2) is 4.90 Å². The Labute approximate surface area is 97.0 Å². The summed E-state index contributed by atoms with van der Waals surface area (Å²) < 4.78 is 36.9. The van der Waals surface area contributed by atoms with E-state index in [4.69, 9.17) is 10.7 Å². The maximum atomic E-state index is 13.7. The Hall–Kier alpha value is -0.660. The fourth-order valence-electron chi connectivity index (χ4n) is 1.80. The highest BCUT2D eigenvalue weighted by Gasteiger charge is 2.26. The maximum Gasteiger partial charge on any atom is 0.267 e. The summed E-state index contributed by atoms with van der Waals surface area (Å²) in [6.07, 6.45) is 2.40. The van der Waals surface area contributed by atoms with Gasteiger partial charge in [0.2, 0.25) is 5.95 Å². The van der Waals surface area contributed by atoms with Crippen molar-refractivity contribution in [3.63, 3.8) is 0 Å². The second-order valence-electron chi connectivity index (χ2n) is 3.66. The quantitative estimate of drug-likeness (QED) is 0.808. The molecule has 1 fully saturated rings. The largest absolute Gasteiger partial charge is 0.317 e. The fourth-order valence-corrected chi connectivity index (χ4v) is 2.58. The van der Waals surface area contributed by atoms with Crippen molar-refractivity contribution in [1.82, 2.24) is 15.1 Å². The van der Waals surface area contributed by atoms with E-state index in [0.717, 1.165) is 36.8 Å². The first-order chi connectivity index (χ1) is 7.50. The van der Waals surface area contributed by atoms with Crippen LogP contribution < -0.4 is 5.32 Å². The van der Waals surface area contributed by atoms with Gasteiger partial charge in [-0.25, -0.2) is 13.1 Å². The number of halogens is 2. The molecule has 1 N–H and O–H groups in total. The van der Waals surface area contributed by atoms with Gasteiger partial charge >= 0.3 is 0 Å². The minimum absolute atomic E-state index is 0.103. The van der Waals surface area contributed by atoms with Crippen LogP contribution in [0.4, 0.5) is 4.39 Å². The molecular formula is C8H11ClFN3O2S. The van der Waals surface area contributed by atoms with Crippen LogP contribution >= 0.6 is 10.7 Å². The van der Waals surface area contributed by atoms with Crippen molar-refractivity contribution < 1.29 is 12.8 Å². The van der Waals surface area contributed by atoms with Crippen molar-refractivity contribution in [1.29, 1.82) is 0 Å². The highest BCUT2D eigenvalue weighted by atomic mass is 35.7. The zero-order chi connectivity index (χ0) is 11.8. The van der Waals surface area contributed by atoms with Crippen LogP contribution in [0, 0.1) is 5.95 Å². The smallest absolute Gasteiger partial charge is 0.267 e. The molecule has 5 nitrogen and oxygen atoms in total. The number of aromatic nitrogens is 2. The second kappa shape index (κ2) is 4.31. The lowest BCUT2D eigenvalue weighted by atomic mass is 10.1. The van der Waals surface area contributed by atoms with E-state index in [-0.39, 0.29) is 6.04 Å². The summed E-state index contributed by atoms with van der Waals surface area (Å²) in [6.45, 7) is 1.54. The molecule has 0 radical (unpaired) electrons. The lowest BCUT2D eigenvalue weighted by Gasteiger charge is -2.22. The van der Waals surface area contributed by atoms with E-state index in [1.165, 1.54) is 0 Å². The van der Waals surface area contributed by atoms with Crippen LogP contribution in [0.15, 0.2) is 11.1 Å². The monoisotopic (exact) mass is 267 g/mol. The molecule has 1 saturated heterocycles. The number of piperidine rings is 1. The molecule has 90 valence electrons. The van der Waals surface area contributed by atoms with E-state index in [9.17, 15) is 12.8 Å². The van der Waals surface area contributed by atoms with Crippen molar-refractivity contribution in [2.45, 2.75) is 23.8 Å². The Morgan fingerprint density at radius 2 is 2.12 bits per heavy atom. The zero-order valence-electron chi connectivity index (χ0n) is 8.36. The topological polar surface area (TPSA) is 64.0 Å². The zero-order valence-corrected chi connectivity index (χ0v) is 9.93. The average Bonchev–Trinajstić information content (AvgIpc) is 2.61. The Morgan fingerprint density at radius 1 is 1.50 bits per heavy atom. The van der Waals surface area contributed by atoms with Gasteiger partial charge in [0.25, 0.3) is 9.05 Å². The van der Waals surface area contributed by atoms with Crippen molar-refractivity contribution in [2.24, 2.45) is 0 Å². The Kier molecular flexibility index (Phi) is 3.18. The molecule has 16 heavy (non-hydrogen) atoms. The standard InChI is InChI=1S/C8H11ClFN3O2S/c9-16(14,15)7-5-12-13(8(7)10)6-1-3-11-4-2-6/h5-6,11H,1-4H2. The third-order valence-electron chi connectivity index (χ3n) is 2.62. The molecule has 2 rings (SSSR count). The molecule has 0 aliphatic carbocycles. The van der Waals surface area contributed by atoms with Crippen LogP contribution in [0.3, 0.4) is 0 Å². The second-order valence-corrected chi connectivity index (χ2v) is 6.20. The van der Waals surface area contributed by atoms with Crippen molar-refractivity contribution >= 4 is 19.7 Å². The van der Waals surface area contributed by atoms with Gasteiger partial charge in [-0.1, -0.05) is 0 Å². The van der Waals surface area contributed by atoms with Crippen LogP contribution in [0.2, 0.25) is 0 Å². The molecular weight excluding hydrogens is 257 g/mol. The van der Waals surface area contributed by atoms with Gasteiger partial charge in [-0.3, -0.25) is 0 Å². The van der Waals surface area contributed by atoms with Gasteiger partial charge in [0.1, 0.15) is 0 Å². The van der Waals surface area contributed by atoms with E-state index >= 15 is 0 Å². The van der Waals surface area contributed by atoms with E-state index in [1.807, 2.05) is 0 Å². The minimum atomic E-state index is -4.05. The summed E-state index contributed by atoms with van der Waals surface area (Å²) in [6, 6.07) is -0.103. The van der Waals surface area contributed by atoms with Crippen LogP contribution in [0.5, 0.6) is 0 Å². The summed E-state index contributed by atoms with van der Waals surface area (Å²) in [4.78, 5) is -0.548. The molecule has 1 aromatic heterocycles. The van der Waals surface area contributed by atoms with Gasteiger partial charge in [0, 0.05) is 10.7 Å². The molecule has 8 heteroatoms. The Balaban J connectivity index is 2.33.